The minimum Gasteiger partial charge on any atom is -0.414 e. The van der Waals surface area contributed by atoms with Crippen molar-refractivity contribution in [1.29, 1.82) is 0 Å². The molecule has 1 unspecified atom stereocenters. The van der Waals surface area contributed by atoms with E-state index in [1.165, 1.54) is 18.4 Å². The molecule has 4 heteroatoms. The molecule has 1 aliphatic heterocycles. The zero-order valence-electron chi connectivity index (χ0n) is 8.16. The Labute approximate surface area is 90.7 Å². The lowest BCUT2D eigenvalue weighted by molar-refractivity contribution is 0.582. The van der Waals surface area contributed by atoms with Crippen LogP contribution in [0.5, 0.6) is 0 Å². The second kappa shape index (κ2) is 3.47. The van der Waals surface area contributed by atoms with E-state index in [9.17, 15) is 4.79 Å². The highest BCUT2D eigenvalue weighted by molar-refractivity contribution is 7.16. The van der Waals surface area contributed by atoms with Gasteiger partial charge < -0.3 is 9.73 Å². The lowest BCUT2D eigenvalue weighted by Crippen LogP contribution is -2.12. The quantitative estimate of drug-likeness (QED) is 0.803. The summed E-state index contributed by atoms with van der Waals surface area (Å²) in [7, 11) is 0. The molecular weight excluding hydrogens is 210 g/mol. The molecule has 0 aliphatic carbocycles. The van der Waals surface area contributed by atoms with Crippen molar-refractivity contribution in [3.8, 4) is 0 Å². The van der Waals surface area contributed by atoms with Crippen LogP contribution >= 0.6 is 11.3 Å². The predicted molar refractivity (Wildman–Crippen MR) is 60.3 cm³/mol. The molecule has 1 saturated heterocycles. The van der Waals surface area contributed by atoms with Crippen molar-refractivity contribution in [3.63, 3.8) is 0 Å². The summed E-state index contributed by atoms with van der Waals surface area (Å²) in [5, 5.41) is 3.43. The molecule has 1 aliphatic rings. The number of fused-ring (bicyclic) bond motifs is 1. The Morgan fingerprint density at radius 1 is 1.47 bits per heavy atom. The van der Waals surface area contributed by atoms with Gasteiger partial charge in [0, 0.05) is 6.04 Å². The fraction of sp³-hybridized carbons (Fsp3) is 0.364. The molecule has 2 heterocycles. The van der Waals surface area contributed by atoms with Crippen molar-refractivity contribution in [2.75, 3.05) is 6.54 Å². The normalized spacial score (nSPS) is 21.2. The smallest absolute Gasteiger partial charge is 0.396 e. The number of hydrogen-bond donors (Lipinski definition) is 1. The predicted octanol–water partition coefficient (Wildman–Crippen LogP) is 2.28. The van der Waals surface area contributed by atoms with E-state index < -0.39 is 0 Å². The molecule has 3 rings (SSSR count). The molecule has 15 heavy (non-hydrogen) atoms. The highest BCUT2D eigenvalue weighted by Crippen LogP contribution is 2.26. The topological polar surface area (TPSA) is 42.2 Å². The average molecular weight is 221 g/mol. The minimum atomic E-state index is -0.221. The largest absolute Gasteiger partial charge is 0.414 e. The highest BCUT2D eigenvalue weighted by atomic mass is 32.1. The Balaban J connectivity index is 2.08. The van der Waals surface area contributed by atoms with Crippen LogP contribution in [0.1, 0.15) is 24.4 Å². The lowest BCUT2D eigenvalue weighted by Gasteiger charge is -2.09. The second-order valence-electron chi connectivity index (χ2n) is 3.81. The van der Waals surface area contributed by atoms with Gasteiger partial charge in [0.05, 0.1) is 4.70 Å². The van der Waals surface area contributed by atoms with E-state index in [-0.39, 0.29) is 4.94 Å². The maximum absolute atomic E-state index is 11.1. The summed E-state index contributed by atoms with van der Waals surface area (Å²) in [6.07, 6.45) is 2.39. The summed E-state index contributed by atoms with van der Waals surface area (Å²) in [5.74, 6) is 0. The number of benzene rings is 1. The molecule has 1 aromatic heterocycles. The molecule has 1 aromatic carbocycles. The van der Waals surface area contributed by atoms with Crippen molar-refractivity contribution in [2.45, 2.75) is 18.9 Å². The standard InChI is InChI=1S/C11H11NO2S/c13-11-14-9-6-7(3-4-10(9)15-11)8-2-1-5-12-8/h3-4,6,8,12H,1-2,5H2. The maximum atomic E-state index is 11.1. The zero-order valence-corrected chi connectivity index (χ0v) is 8.97. The van der Waals surface area contributed by atoms with Gasteiger partial charge in [-0.2, -0.15) is 0 Å². The van der Waals surface area contributed by atoms with Crippen LogP contribution in [0.3, 0.4) is 0 Å². The molecular formula is C11H11NO2S. The third-order valence-corrected chi connectivity index (χ3v) is 3.62. The summed E-state index contributed by atoms with van der Waals surface area (Å²) in [5.41, 5.74) is 1.94. The Kier molecular flexibility index (Phi) is 2.11. The van der Waals surface area contributed by atoms with Gasteiger partial charge in [-0.15, -0.1) is 0 Å². The fourth-order valence-corrected chi connectivity index (χ4v) is 2.72. The molecule has 1 atom stereocenters. The molecule has 0 amide bonds. The SMILES string of the molecule is O=c1oc2cc(C3CCCN3)ccc2s1. The van der Waals surface area contributed by atoms with E-state index in [4.69, 9.17) is 4.42 Å². The summed E-state index contributed by atoms with van der Waals surface area (Å²) in [4.78, 5) is 10.8. The van der Waals surface area contributed by atoms with Gasteiger partial charge in [0.15, 0.2) is 0 Å². The number of hydrogen-bond acceptors (Lipinski definition) is 4. The van der Waals surface area contributed by atoms with Gasteiger partial charge in [-0.3, -0.25) is 0 Å². The van der Waals surface area contributed by atoms with E-state index >= 15 is 0 Å². The molecule has 2 aromatic rings. The van der Waals surface area contributed by atoms with Crippen molar-refractivity contribution in [2.24, 2.45) is 0 Å². The molecule has 0 saturated carbocycles. The van der Waals surface area contributed by atoms with Crippen LogP contribution in [0, 0.1) is 0 Å². The maximum Gasteiger partial charge on any atom is 0.396 e. The summed E-state index contributed by atoms with van der Waals surface area (Å²) < 4.78 is 6.04. The first-order valence-corrected chi connectivity index (χ1v) is 5.91. The van der Waals surface area contributed by atoms with E-state index in [1.807, 2.05) is 12.1 Å². The van der Waals surface area contributed by atoms with Crippen LogP contribution in [0.4, 0.5) is 0 Å². The molecule has 3 nitrogen and oxygen atoms in total. The first kappa shape index (κ1) is 9.12. The van der Waals surface area contributed by atoms with Crippen LogP contribution in [0.15, 0.2) is 27.4 Å². The second-order valence-corrected chi connectivity index (χ2v) is 4.79. The Morgan fingerprint density at radius 3 is 3.20 bits per heavy atom. The average Bonchev–Trinajstić information content (AvgIpc) is 2.82. The third-order valence-electron chi connectivity index (χ3n) is 2.82. The van der Waals surface area contributed by atoms with Gasteiger partial charge in [0.25, 0.3) is 0 Å². The molecule has 78 valence electrons. The molecule has 1 fully saturated rings. The third kappa shape index (κ3) is 1.60. The Morgan fingerprint density at radius 2 is 2.40 bits per heavy atom. The summed E-state index contributed by atoms with van der Waals surface area (Å²) in [6.45, 7) is 1.08. The van der Waals surface area contributed by atoms with Crippen LogP contribution in [0.25, 0.3) is 10.3 Å². The van der Waals surface area contributed by atoms with Gasteiger partial charge in [-0.25, -0.2) is 4.79 Å². The van der Waals surface area contributed by atoms with E-state index in [1.54, 1.807) is 0 Å². The Bertz CT molecular complexity index is 537. The van der Waals surface area contributed by atoms with Crippen molar-refractivity contribution in [3.05, 3.63) is 33.5 Å². The minimum absolute atomic E-state index is 0.221. The first-order valence-electron chi connectivity index (χ1n) is 5.10. The van der Waals surface area contributed by atoms with Crippen LogP contribution in [0.2, 0.25) is 0 Å². The van der Waals surface area contributed by atoms with Crippen LogP contribution in [-0.4, -0.2) is 6.54 Å². The Hall–Kier alpha value is -1.13. The van der Waals surface area contributed by atoms with Gasteiger partial charge in [-0.1, -0.05) is 17.4 Å². The monoisotopic (exact) mass is 221 g/mol. The molecule has 0 bridgehead atoms. The van der Waals surface area contributed by atoms with Gasteiger partial charge in [0.1, 0.15) is 5.58 Å². The summed E-state index contributed by atoms with van der Waals surface area (Å²) >= 11 is 1.16. The highest BCUT2D eigenvalue weighted by Gasteiger charge is 2.16. The van der Waals surface area contributed by atoms with E-state index in [0.29, 0.717) is 6.04 Å². The van der Waals surface area contributed by atoms with Crippen molar-refractivity contribution < 1.29 is 4.42 Å². The number of nitrogens with one attached hydrogen (secondary N) is 1. The first-order chi connectivity index (χ1) is 7.33. The molecule has 0 spiro atoms. The van der Waals surface area contributed by atoms with E-state index in [2.05, 4.69) is 11.4 Å². The van der Waals surface area contributed by atoms with Gasteiger partial charge >= 0.3 is 4.94 Å². The summed E-state index contributed by atoms with van der Waals surface area (Å²) in [6, 6.07) is 6.47. The van der Waals surface area contributed by atoms with Gasteiger partial charge in [-0.05, 0) is 37.1 Å². The number of rotatable bonds is 1. The van der Waals surface area contributed by atoms with Crippen molar-refractivity contribution in [1.82, 2.24) is 5.32 Å². The lowest BCUT2D eigenvalue weighted by atomic mass is 10.1. The van der Waals surface area contributed by atoms with E-state index in [0.717, 1.165) is 28.2 Å². The van der Waals surface area contributed by atoms with Gasteiger partial charge in [0.2, 0.25) is 0 Å². The van der Waals surface area contributed by atoms with Crippen molar-refractivity contribution >= 4 is 21.6 Å². The van der Waals surface area contributed by atoms with Crippen LogP contribution < -0.4 is 10.3 Å². The fourth-order valence-electron chi connectivity index (χ4n) is 2.07. The zero-order chi connectivity index (χ0) is 10.3. The molecule has 1 N–H and O–H groups in total. The molecule has 0 radical (unpaired) electrons. The van der Waals surface area contributed by atoms with Crippen LogP contribution in [-0.2, 0) is 0 Å².